The van der Waals surface area contributed by atoms with Crippen LogP contribution in [0.1, 0.15) is 28.1 Å². The Morgan fingerprint density at radius 2 is 1.78 bits per heavy atom. The molecule has 4 rings (SSSR count). The number of carbonyl (C=O) groups is 1. The summed E-state index contributed by atoms with van der Waals surface area (Å²) < 4.78 is 24.5. The van der Waals surface area contributed by atoms with Crippen LogP contribution in [0, 0.1) is 26.6 Å². The third-order valence-electron chi connectivity index (χ3n) is 6.14. The Hall–Kier alpha value is -3.19. The van der Waals surface area contributed by atoms with Crippen molar-refractivity contribution in [2.75, 3.05) is 26.7 Å². The number of hydrogen-bond donors (Lipinski definition) is 0. The maximum absolute atomic E-state index is 13.1. The monoisotopic (exact) mass is 437 g/mol. The lowest BCUT2D eigenvalue weighted by molar-refractivity contribution is -0.136. The van der Waals surface area contributed by atoms with Crippen LogP contribution in [0.25, 0.3) is 11.5 Å². The van der Waals surface area contributed by atoms with Crippen molar-refractivity contribution >= 4 is 5.91 Å². The highest BCUT2D eigenvalue weighted by Gasteiger charge is 2.26. The van der Waals surface area contributed by atoms with Gasteiger partial charge >= 0.3 is 0 Å². The van der Waals surface area contributed by atoms with Crippen molar-refractivity contribution in [2.45, 2.75) is 33.9 Å². The summed E-state index contributed by atoms with van der Waals surface area (Å²) in [6.45, 7) is 8.70. The number of oxazole rings is 1. The molecule has 0 unspecified atom stereocenters. The van der Waals surface area contributed by atoms with Crippen LogP contribution >= 0.6 is 0 Å². The predicted molar refractivity (Wildman–Crippen MR) is 120 cm³/mol. The highest BCUT2D eigenvalue weighted by atomic mass is 19.1. The van der Waals surface area contributed by atoms with E-state index in [1.54, 1.807) is 19.2 Å². The molecule has 2 heterocycles. The van der Waals surface area contributed by atoms with E-state index >= 15 is 0 Å². The Balaban J connectivity index is 1.42. The predicted octanol–water partition coefficient (Wildman–Crippen LogP) is 4.26. The largest absolute Gasteiger partial charge is 0.496 e. The Bertz CT molecular complexity index is 1120. The summed E-state index contributed by atoms with van der Waals surface area (Å²) in [7, 11) is 1.66. The van der Waals surface area contributed by atoms with Crippen LogP contribution in [0.4, 0.5) is 4.39 Å². The van der Waals surface area contributed by atoms with Crippen LogP contribution in [0.2, 0.25) is 0 Å². The number of piperazine rings is 1. The maximum atomic E-state index is 13.1. The van der Waals surface area contributed by atoms with E-state index in [1.165, 1.54) is 12.1 Å². The Labute approximate surface area is 187 Å². The molecule has 7 heteroatoms. The highest BCUT2D eigenvalue weighted by molar-refractivity contribution is 5.79. The van der Waals surface area contributed by atoms with Gasteiger partial charge in [0.2, 0.25) is 11.8 Å². The zero-order valence-electron chi connectivity index (χ0n) is 18.9. The number of amides is 1. The molecule has 1 saturated heterocycles. The van der Waals surface area contributed by atoms with Crippen molar-refractivity contribution in [2.24, 2.45) is 0 Å². The topological polar surface area (TPSA) is 58.8 Å². The first-order valence-electron chi connectivity index (χ1n) is 10.7. The first-order valence-corrected chi connectivity index (χ1v) is 10.7. The molecule has 0 bridgehead atoms. The molecule has 0 atom stereocenters. The summed E-state index contributed by atoms with van der Waals surface area (Å²) in [5.41, 5.74) is 4.84. The summed E-state index contributed by atoms with van der Waals surface area (Å²) in [4.78, 5) is 21.3. The number of hydrogen-bond acceptors (Lipinski definition) is 5. The first kappa shape index (κ1) is 22.0. The number of aromatic nitrogens is 1. The van der Waals surface area contributed by atoms with Crippen LogP contribution in [0.3, 0.4) is 0 Å². The molecule has 1 aliphatic heterocycles. The number of rotatable bonds is 6. The molecule has 1 fully saturated rings. The first-order chi connectivity index (χ1) is 15.4. The van der Waals surface area contributed by atoms with Gasteiger partial charge in [-0.1, -0.05) is 12.1 Å². The quantitative estimate of drug-likeness (QED) is 0.577. The minimum atomic E-state index is -0.271. The van der Waals surface area contributed by atoms with E-state index in [-0.39, 0.29) is 11.7 Å². The number of aryl methyl sites for hydroxylation is 1. The number of benzene rings is 2. The smallest absolute Gasteiger partial charge is 0.237 e. The molecule has 0 spiro atoms. The van der Waals surface area contributed by atoms with Crippen LogP contribution in [-0.4, -0.2) is 47.4 Å². The van der Waals surface area contributed by atoms with Crippen molar-refractivity contribution in [3.8, 4) is 17.2 Å². The van der Waals surface area contributed by atoms with Crippen LogP contribution in [-0.2, 0) is 17.9 Å². The van der Waals surface area contributed by atoms with Crippen molar-refractivity contribution in [3.05, 3.63) is 70.4 Å². The molecule has 1 aromatic heterocycles. The Kier molecular flexibility index (Phi) is 6.28. The van der Waals surface area contributed by atoms with E-state index in [0.717, 1.165) is 46.0 Å². The fraction of sp³-hybridized carbons (Fsp3) is 0.360. The SMILES string of the molecule is COc1ccc(-c2nc(CN3CCN(Cc4ccc(F)cc4)C(=O)C3)c(C)o2)c(C)c1C. The lowest BCUT2D eigenvalue weighted by Crippen LogP contribution is -2.49. The number of ether oxygens (including phenoxy) is 1. The number of carbonyl (C=O) groups excluding carboxylic acids is 1. The van der Waals surface area contributed by atoms with Gasteiger partial charge in [-0.3, -0.25) is 9.69 Å². The van der Waals surface area contributed by atoms with E-state index < -0.39 is 0 Å². The zero-order chi connectivity index (χ0) is 22.8. The van der Waals surface area contributed by atoms with E-state index in [2.05, 4.69) is 4.90 Å². The molecular formula is C25H28FN3O3. The fourth-order valence-corrected chi connectivity index (χ4v) is 4.02. The van der Waals surface area contributed by atoms with Crippen molar-refractivity contribution in [1.82, 2.24) is 14.8 Å². The van der Waals surface area contributed by atoms with Crippen LogP contribution in [0.15, 0.2) is 40.8 Å². The molecular weight excluding hydrogens is 409 g/mol. The lowest BCUT2D eigenvalue weighted by atomic mass is 10.0. The van der Waals surface area contributed by atoms with Crippen molar-refractivity contribution < 1.29 is 18.3 Å². The molecule has 6 nitrogen and oxygen atoms in total. The van der Waals surface area contributed by atoms with Crippen molar-refractivity contribution in [3.63, 3.8) is 0 Å². The molecule has 0 N–H and O–H groups in total. The third kappa shape index (κ3) is 4.53. The van der Waals surface area contributed by atoms with Crippen LogP contribution in [0.5, 0.6) is 5.75 Å². The molecule has 1 amide bonds. The minimum Gasteiger partial charge on any atom is -0.496 e. The molecule has 32 heavy (non-hydrogen) atoms. The van der Waals surface area contributed by atoms with E-state index in [9.17, 15) is 9.18 Å². The second kappa shape index (κ2) is 9.12. The van der Waals surface area contributed by atoms with Gasteiger partial charge in [0, 0.05) is 31.7 Å². The highest BCUT2D eigenvalue weighted by Crippen LogP contribution is 2.31. The van der Waals surface area contributed by atoms with Crippen LogP contribution < -0.4 is 4.74 Å². The van der Waals surface area contributed by atoms with Gasteiger partial charge in [-0.2, -0.15) is 0 Å². The van der Waals surface area contributed by atoms with Gasteiger partial charge in [0.1, 0.15) is 17.3 Å². The van der Waals surface area contributed by atoms with Gasteiger partial charge in [0.05, 0.1) is 19.3 Å². The minimum absolute atomic E-state index is 0.0589. The second-order valence-corrected chi connectivity index (χ2v) is 8.24. The van der Waals surface area contributed by atoms with Crippen molar-refractivity contribution in [1.29, 1.82) is 0 Å². The van der Waals surface area contributed by atoms with E-state index in [0.29, 0.717) is 32.1 Å². The Morgan fingerprint density at radius 1 is 1.03 bits per heavy atom. The zero-order valence-corrected chi connectivity index (χ0v) is 18.9. The summed E-state index contributed by atoms with van der Waals surface area (Å²) in [6.07, 6.45) is 0. The number of nitrogens with zero attached hydrogens (tertiary/aromatic N) is 3. The second-order valence-electron chi connectivity index (χ2n) is 8.24. The summed E-state index contributed by atoms with van der Waals surface area (Å²) in [5, 5.41) is 0. The van der Waals surface area contributed by atoms with Gasteiger partial charge in [0.25, 0.3) is 0 Å². The molecule has 2 aromatic carbocycles. The molecule has 3 aromatic rings. The lowest BCUT2D eigenvalue weighted by Gasteiger charge is -2.34. The average molecular weight is 438 g/mol. The summed E-state index contributed by atoms with van der Waals surface area (Å²) in [6, 6.07) is 10.2. The van der Waals surface area contributed by atoms with Gasteiger partial charge in [-0.15, -0.1) is 0 Å². The number of methoxy groups -OCH3 is 1. The third-order valence-corrected chi connectivity index (χ3v) is 6.14. The fourth-order valence-electron chi connectivity index (χ4n) is 4.02. The standard InChI is InChI=1S/C25H28FN3O3/c1-16-17(2)23(31-4)10-9-21(16)25-27-22(18(3)32-25)14-28-11-12-29(24(30)15-28)13-19-5-7-20(26)8-6-19/h5-10H,11-15H2,1-4H3. The van der Waals surface area contributed by atoms with Gasteiger partial charge < -0.3 is 14.1 Å². The molecule has 0 radical (unpaired) electrons. The normalized spacial score (nSPS) is 14.8. The van der Waals surface area contributed by atoms with E-state index in [4.69, 9.17) is 14.1 Å². The molecule has 1 aliphatic rings. The average Bonchev–Trinajstić information content (AvgIpc) is 3.13. The molecule has 0 saturated carbocycles. The number of halogens is 1. The summed E-state index contributed by atoms with van der Waals surface area (Å²) >= 11 is 0. The molecule has 0 aliphatic carbocycles. The van der Waals surface area contributed by atoms with Gasteiger partial charge in [-0.25, -0.2) is 9.37 Å². The Morgan fingerprint density at radius 3 is 2.47 bits per heavy atom. The van der Waals surface area contributed by atoms with Gasteiger partial charge in [0.15, 0.2) is 0 Å². The molecule has 168 valence electrons. The maximum Gasteiger partial charge on any atom is 0.237 e. The van der Waals surface area contributed by atoms with E-state index in [1.807, 2.05) is 37.8 Å². The summed E-state index contributed by atoms with van der Waals surface area (Å²) in [5.74, 6) is 1.97. The van der Waals surface area contributed by atoms with Gasteiger partial charge in [-0.05, 0) is 61.7 Å².